The number of halogens is 1. The molecule has 4 nitrogen and oxygen atoms in total. The molecule has 0 unspecified atom stereocenters. The van der Waals surface area contributed by atoms with Crippen molar-refractivity contribution in [2.24, 2.45) is 0 Å². The highest BCUT2D eigenvalue weighted by Crippen LogP contribution is 2.37. The zero-order valence-corrected chi connectivity index (χ0v) is 16.8. The fourth-order valence-electron chi connectivity index (χ4n) is 3.31. The summed E-state index contributed by atoms with van der Waals surface area (Å²) in [4.78, 5) is 17.2. The number of fused-ring (bicyclic) bond motifs is 1. The largest absolute Gasteiger partial charge is 0.378 e. The Morgan fingerprint density at radius 1 is 0.926 bits per heavy atom. The molecule has 0 aliphatic carbocycles. The lowest BCUT2D eigenvalue weighted by atomic mass is 10.0. The Balaban J connectivity index is 1.81. The fraction of sp³-hybridized carbons (Fsp3) is 0.136. The van der Waals surface area contributed by atoms with Crippen molar-refractivity contribution in [3.05, 3.63) is 88.4 Å². The molecule has 0 saturated heterocycles. The van der Waals surface area contributed by atoms with E-state index in [9.17, 15) is 4.79 Å². The van der Waals surface area contributed by atoms with Gasteiger partial charge in [-0.2, -0.15) is 0 Å². The maximum Gasteiger partial charge on any atom is 0.262 e. The van der Waals surface area contributed by atoms with Crippen LogP contribution in [-0.2, 0) is 0 Å². The predicted octanol–water partition coefficient (Wildman–Crippen LogP) is 5.29. The summed E-state index contributed by atoms with van der Waals surface area (Å²) in [6.45, 7) is 0. The molecule has 27 heavy (non-hydrogen) atoms. The number of hydrogen-bond acceptors (Lipinski definition) is 3. The molecule has 1 aliphatic rings. The number of amides is 1. The summed E-state index contributed by atoms with van der Waals surface area (Å²) in [5.41, 5.74) is 4.55. The minimum Gasteiger partial charge on any atom is -0.378 e. The zero-order chi connectivity index (χ0) is 19.0. The molecule has 1 N–H and O–H groups in total. The van der Waals surface area contributed by atoms with Crippen LogP contribution in [0.15, 0.2) is 77.3 Å². The molecule has 1 atom stereocenters. The van der Waals surface area contributed by atoms with Gasteiger partial charge in [0.1, 0.15) is 6.17 Å². The molecule has 1 heterocycles. The number of nitrogens with one attached hydrogen (secondary N) is 1. The van der Waals surface area contributed by atoms with Gasteiger partial charge in [-0.3, -0.25) is 9.69 Å². The molecular weight excluding hydrogens is 402 g/mol. The molecule has 0 saturated carbocycles. The van der Waals surface area contributed by atoms with E-state index in [0.717, 1.165) is 27.1 Å². The lowest BCUT2D eigenvalue weighted by Crippen LogP contribution is -2.43. The Hall–Kier alpha value is -2.79. The Labute approximate surface area is 167 Å². The Morgan fingerprint density at radius 2 is 1.59 bits per heavy atom. The zero-order valence-electron chi connectivity index (χ0n) is 15.2. The summed E-state index contributed by atoms with van der Waals surface area (Å²) in [5.74, 6) is -0.00615. The Bertz CT molecular complexity index is 968. The number of rotatable bonds is 3. The van der Waals surface area contributed by atoms with E-state index >= 15 is 0 Å². The summed E-state index contributed by atoms with van der Waals surface area (Å²) >= 11 is 3.47. The average molecular weight is 422 g/mol. The van der Waals surface area contributed by atoms with Crippen LogP contribution in [-0.4, -0.2) is 20.0 Å². The second-order valence-electron chi connectivity index (χ2n) is 6.73. The van der Waals surface area contributed by atoms with Crippen LogP contribution in [0.4, 0.5) is 17.1 Å². The fourth-order valence-corrected chi connectivity index (χ4v) is 3.57. The van der Waals surface area contributed by atoms with Gasteiger partial charge >= 0.3 is 0 Å². The summed E-state index contributed by atoms with van der Waals surface area (Å²) in [7, 11) is 4.03. The number of hydrogen-bond donors (Lipinski definition) is 1. The highest BCUT2D eigenvalue weighted by Gasteiger charge is 2.33. The number of carbonyl (C=O) groups excluding carboxylic acids is 1. The van der Waals surface area contributed by atoms with E-state index in [-0.39, 0.29) is 12.1 Å². The third-order valence-electron chi connectivity index (χ3n) is 4.76. The number of benzene rings is 3. The first-order chi connectivity index (χ1) is 13.0. The van der Waals surface area contributed by atoms with E-state index in [1.54, 1.807) is 0 Å². The summed E-state index contributed by atoms with van der Waals surface area (Å²) < 4.78 is 0.982. The monoisotopic (exact) mass is 421 g/mol. The summed E-state index contributed by atoms with van der Waals surface area (Å²) in [6.07, 6.45) is -0.273. The van der Waals surface area contributed by atoms with Gasteiger partial charge in [0, 0.05) is 35.6 Å². The summed E-state index contributed by atoms with van der Waals surface area (Å²) in [6, 6.07) is 23.8. The molecule has 136 valence electrons. The first kappa shape index (κ1) is 17.6. The smallest absolute Gasteiger partial charge is 0.262 e. The third-order valence-corrected chi connectivity index (χ3v) is 5.29. The molecule has 5 heteroatoms. The van der Waals surface area contributed by atoms with Crippen LogP contribution in [0, 0.1) is 0 Å². The van der Waals surface area contributed by atoms with Crippen molar-refractivity contribution in [3.8, 4) is 0 Å². The topological polar surface area (TPSA) is 35.6 Å². The van der Waals surface area contributed by atoms with Crippen molar-refractivity contribution in [3.63, 3.8) is 0 Å². The highest BCUT2D eigenvalue weighted by molar-refractivity contribution is 9.10. The van der Waals surface area contributed by atoms with Crippen LogP contribution in [0.3, 0.4) is 0 Å². The maximum atomic E-state index is 13.3. The van der Waals surface area contributed by atoms with Crippen LogP contribution in [0.1, 0.15) is 22.1 Å². The molecule has 0 aromatic heterocycles. The van der Waals surface area contributed by atoms with Gasteiger partial charge in [-0.15, -0.1) is 0 Å². The normalized spacial score (nSPS) is 15.9. The van der Waals surface area contributed by atoms with Crippen LogP contribution < -0.4 is 15.1 Å². The molecule has 3 aromatic rings. The van der Waals surface area contributed by atoms with E-state index in [4.69, 9.17) is 0 Å². The number of carbonyl (C=O) groups is 1. The number of para-hydroxylation sites is 1. The molecule has 1 amide bonds. The van der Waals surface area contributed by atoms with Gasteiger partial charge < -0.3 is 10.2 Å². The highest BCUT2D eigenvalue weighted by atomic mass is 79.9. The lowest BCUT2D eigenvalue weighted by molar-refractivity contribution is 0.0975. The van der Waals surface area contributed by atoms with Crippen LogP contribution >= 0.6 is 15.9 Å². The van der Waals surface area contributed by atoms with Gasteiger partial charge in [-0.1, -0.05) is 40.2 Å². The van der Waals surface area contributed by atoms with E-state index in [1.807, 2.05) is 67.5 Å². The second kappa shape index (κ2) is 7.08. The van der Waals surface area contributed by atoms with Crippen molar-refractivity contribution in [1.82, 2.24) is 0 Å². The molecule has 0 bridgehead atoms. The first-order valence-corrected chi connectivity index (χ1v) is 9.56. The van der Waals surface area contributed by atoms with Crippen LogP contribution in [0.2, 0.25) is 0 Å². The van der Waals surface area contributed by atoms with E-state index in [2.05, 4.69) is 50.4 Å². The SMILES string of the molecule is CN(C)c1ccc([C@H]2Nc3ccccc3C(=O)N2c2ccc(Br)cc2)cc1. The quantitative estimate of drug-likeness (QED) is 0.624. The molecule has 4 rings (SSSR count). The van der Waals surface area contributed by atoms with Crippen LogP contribution in [0.5, 0.6) is 0 Å². The van der Waals surface area contributed by atoms with Gasteiger partial charge in [-0.05, 0) is 54.1 Å². The lowest BCUT2D eigenvalue weighted by Gasteiger charge is -2.38. The Kier molecular flexibility index (Phi) is 4.62. The Morgan fingerprint density at radius 3 is 2.26 bits per heavy atom. The predicted molar refractivity (Wildman–Crippen MR) is 115 cm³/mol. The number of anilines is 3. The van der Waals surface area contributed by atoms with Crippen molar-refractivity contribution < 1.29 is 4.79 Å². The van der Waals surface area contributed by atoms with E-state index < -0.39 is 0 Å². The van der Waals surface area contributed by atoms with Gasteiger partial charge in [0.05, 0.1) is 5.56 Å². The standard InChI is InChI=1S/C22H20BrN3O/c1-25(2)17-11-7-15(8-12-17)21-24-20-6-4-3-5-19(20)22(27)26(21)18-13-9-16(23)10-14-18/h3-14,21,24H,1-2H3/t21-/m0/s1. The molecule has 0 spiro atoms. The molecular formula is C22H20BrN3O. The van der Waals surface area contributed by atoms with Crippen molar-refractivity contribution >= 4 is 38.9 Å². The van der Waals surface area contributed by atoms with Gasteiger partial charge in [-0.25, -0.2) is 0 Å². The molecule has 3 aromatic carbocycles. The van der Waals surface area contributed by atoms with Crippen LogP contribution in [0.25, 0.3) is 0 Å². The van der Waals surface area contributed by atoms with E-state index in [1.165, 1.54) is 0 Å². The third kappa shape index (κ3) is 3.30. The molecule has 0 fully saturated rings. The van der Waals surface area contributed by atoms with Gasteiger partial charge in [0.15, 0.2) is 0 Å². The molecule has 0 radical (unpaired) electrons. The van der Waals surface area contributed by atoms with Crippen molar-refractivity contribution in [2.75, 3.05) is 29.2 Å². The van der Waals surface area contributed by atoms with Gasteiger partial charge in [0.2, 0.25) is 0 Å². The second-order valence-corrected chi connectivity index (χ2v) is 7.65. The van der Waals surface area contributed by atoms with Crippen molar-refractivity contribution in [2.45, 2.75) is 6.17 Å². The summed E-state index contributed by atoms with van der Waals surface area (Å²) in [5, 5.41) is 3.54. The molecule has 1 aliphatic heterocycles. The average Bonchev–Trinajstić information content (AvgIpc) is 2.69. The van der Waals surface area contributed by atoms with E-state index in [0.29, 0.717) is 5.56 Å². The minimum atomic E-state index is -0.273. The maximum absolute atomic E-state index is 13.3. The minimum absolute atomic E-state index is 0.00615. The van der Waals surface area contributed by atoms with Gasteiger partial charge in [0.25, 0.3) is 5.91 Å². The first-order valence-electron chi connectivity index (χ1n) is 8.76. The van der Waals surface area contributed by atoms with Crippen molar-refractivity contribution in [1.29, 1.82) is 0 Å². The number of nitrogens with zero attached hydrogens (tertiary/aromatic N) is 2.